The summed E-state index contributed by atoms with van der Waals surface area (Å²) in [5, 5.41) is 0.428. The molecule has 9 nitrogen and oxygen atoms in total. The molecule has 2 aliphatic rings. The number of hydrogen-bond acceptors (Lipinski definition) is 7. The highest BCUT2D eigenvalue weighted by Gasteiger charge is 2.24. The molecule has 0 aliphatic carbocycles. The van der Waals surface area contributed by atoms with Gasteiger partial charge in [-0.1, -0.05) is 29.8 Å². The highest BCUT2D eigenvalue weighted by molar-refractivity contribution is 6.32. The van der Waals surface area contributed by atoms with E-state index in [-0.39, 0.29) is 18.2 Å². The van der Waals surface area contributed by atoms with E-state index in [1.165, 1.54) is 0 Å². The molecule has 0 spiro atoms. The summed E-state index contributed by atoms with van der Waals surface area (Å²) in [7, 11) is 0. The number of amides is 2. The Morgan fingerprint density at radius 2 is 1.76 bits per heavy atom. The summed E-state index contributed by atoms with van der Waals surface area (Å²) in [5.74, 6) is 1.57. The Bertz CT molecular complexity index is 1310. The van der Waals surface area contributed by atoms with Crippen LogP contribution in [0.3, 0.4) is 0 Å². The van der Waals surface area contributed by atoms with Crippen molar-refractivity contribution in [1.82, 2.24) is 14.9 Å². The summed E-state index contributed by atoms with van der Waals surface area (Å²) in [6.45, 7) is 5.03. The second kappa shape index (κ2) is 11.7. The fourth-order valence-electron chi connectivity index (χ4n) is 4.83. The van der Waals surface area contributed by atoms with Crippen LogP contribution in [-0.2, 0) is 22.6 Å². The van der Waals surface area contributed by atoms with E-state index in [0.717, 1.165) is 23.2 Å². The van der Waals surface area contributed by atoms with Gasteiger partial charge in [-0.15, -0.1) is 0 Å². The van der Waals surface area contributed by atoms with Gasteiger partial charge in [-0.3, -0.25) is 9.59 Å². The number of para-hydroxylation sites is 1. The Morgan fingerprint density at radius 3 is 2.58 bits per heavy atom. The fraction of sp³-hybridized carbons (Fsp3) is 0.357. The third-order valence-electron chi connectivity index (χ3n) is 6.67. The van der Waals surface area contributed by atoms with Crippen LogP contribution in [0, 0.1) is 0 Å². The molecule has 0 N–H and O–H groups in total. The lowest BCUT2D eigenvalue weighted by atomic mass is 10.1. The molecule has 1 aromatic heterocycles. The number of fused-ring (bicyclic) bond motifs is 2. The predicted octanol–water partition coefficient (Wildman–Crippen LogP) is 3.74. The quantitative estimate of drug-likeness (QED) is 0.505. The van der Waals surface area contributed by atoms with Crippen LogP contribution >= 0.6 is 11.6 Å². The number of rotatable bonds is 3. The zero-order valence-electron chi connectivity index (χ0n) is 21.3. The van der Waals surface area contributed by atoms with E-state index in [0.29, 0.717) is 68.4 Å². The Hall–Kier alpha value is -3.85. The lowest BCUT2D eigenvalue weighted by molar-refractivity contribution is -0.131. The van der Waals surface area contributed by atoms with Gasteiger partial charge in [0.15, 0.2) is 11.5 Å². The largest absolute Gasteiger partial charge is 0.486 e. The second-order valence-electron chi connectivity index (χ2n) is 9.28. The van der Waals surface area contributed by atoms with Gasteiger partial charge >= 0.3 is 0 Å². The van der Waals surface area contributed by atoms with E-state index in [1.807, 2.05) is 35.2 Å². The minimum Gasteiger partial charge on any atom is -0.486 e. The molecule has 0 fully saturated rings. The average molecular weight is 536 g/mol. The minimum atomic E-state index is -0.0601. The number of benzene rings is 2. The fourth-order valence-corrected chi connectivity index (χ4v) is 5.12. The summed E-state index contributed by atoms with van der Waals surface area (Å²) < 4.78 is 11.3. The van der Waals surface area contributed by atoms with E-state index in [2.05, 4.69) is 14.9 Å². The van der Waals surface area contributed by atoms with Gasteiger partial charge in [0.05, 0.1) is 11.4 Å². The number of hydrogen-bond donors (Lipinski definition) is 0. The summed E-state index contributed by atoms with van der Waals surface area (Å²) >= 11 is 6.43. The monoisotopic (exact) mass is 535 g/mol. The van der Waals surface area contributed by atoms with Gasteiger partial charge in [0.25, 0.3) is 0 Å². The number of halogens is 1. The average Bonchev–Trinajstić information content (AvgIpc) is 2.96. The standard InChI is InChI=1S/C28H30ClN5O4/c1-20(35)34-11-5-10-32(28-30-8-4-9-31-28)12-13-33(19-22-6-2-3-7-24(22)34)26(36)18-21-16-23(29)27-25(17-21)37-14-15-38-27/h2-4,6-9,16-17H,5,10-15,18-19H2,1H3. The van der Waals surface area contributed by atoms with Crippen LogP contribution in [0.2, 0.25) is 5.02 Å². The topological polar surface area (TPSA) is 88.1 Å². The molecule has 5 rings (SSSR count). The summed E-state index contributed by atoms with van der Waals surface area (Å²) in [4.78, 5) is 40.9. The lowest BCUT2D eigenvalue weighted by Crippen LogP contribution is -2.40. The molecular weight excluding hydrogens is 506 g/mol. The van der Waals surface area contributed by atoms with Gasteiger partial charge in [0.1, 0.15) is 13.2 Å². The van der Waals surface area contributed by atoms with Gasteiger partial charge in [0, 0.05) is 57.7 Å². The molecule has 198 valence electrons. The van der Waals surface area contributed by atoms with Gasteiger partial charge < -0.3 is 24.2 Å². The van der Waals surface area contributed by atoms with Crippen LogP contribution in [0.15, 0.2) is 54.9 Å². The summed E-state index contributed by atoms with van der Waals surface area (Å²) in [6, 6.07) is 13.1. The first-order valence-corrected chi connectivity index (χ1v) is 13.1. The van der Waals surface area contributed by atoms with Crippen LogP contribution in [0.4, 0.5) is 11.6 Å². The molecule has 0 bridgehead atoms. The van der Waals surface area contributed by atoms with Crippen molar-refractivity contribution in [3.63, 3.8) is 0 Å². The molecule has 0 saturated carbocycles. The normalized spacial score (nSPS) is 15.9. The summed E-state index contributed by atoms with van der Waals surface area (Å²) in [5.41, 5.74) is 2.49. The highest BCUT2D eigenvalue weighted by Crippen LogP contribution is 2.38. The van der Waals surface area contributed by atoms with E-state index in [9.17, 15) is 9.59 Å². The molecule has 2 aromatic carbocycles. The number of ether oxygens (including phenoxy) is 2. The van der Waals surface area contributed by atoms with Gasteiger partial charge in [0.2, 0.25) is 17.8 Å². The number of anilines is 2. The Labute approximate surface area is 226 Å². The SMILES string of the molecule is CC(=O)N1CCCN(c2ncccn2)CCN(C(=O)Cc2cc(Cl)c3c(c2)OCCO3)Cc2ccccc21. The van der Waals surface area contributed by atoms with E-state index < -0.39 is 0 Å². The molecular formula is C28H30ClN5O4. The van der Waals surface area contributed by atoms with Crippen molar-refractivity contribution in [2.24, 2.45) is 0 Å². The molecule has 10 heteroatoms. The second-order valence-corrected chi connectivity index (χ2v) is 9.69. The Balaban J connectivity index is 1.45. The summed E-state index contributed by atoms with van der Waals surface area (Å²) in [6.07, 6.45) is 4.30. The highest BCUT2D eigenvalue weighted by atomic mass is 35.5. The first kappa shape index (κ1) is 25.8. The molecule has 0 atom stereocenters. The van der Waals surface area contributed by atoms with Crippen molar-refractivity contribution in [2.45, 2.75) is 26.3 Å². The van der Waals surface area contributed by atoms with Crippen molar-refractivity contribution in [2.75, 3.05) is 49.2 Å². The molecule has 0 radical (unpaired) electrons. The van der Waals surface area contributed by atoms with E-state index >= 15 is 0 Å². The number of carbonyl (C=O) groups is 2. The van der Waals surface area contributed by atoms with Gasteiger partial charge in [-0.05, 0) is 41.8 Å². The van der Waals surface area contributed by atoms with Crippen LogP contribution in [0.5, 0.6) is 11.5 Å². The van der Waals surface area contributed by atoms with Crippen LogP contribution in [-0.4, -0.2) is 66.1 Å². The molecule has 0 saturated heterocycles. The van der Waals surface area contributed by atoms with E-state index in [1.54, 1.807) is 36.4 Å². The van der Waals surface area contributed by atoms with Crippen molar-refractivity contribution in [1.29, 1.82) is 0 Å². The smallest absolute Gasteiger partial charge is 0.227 e. The maximum Gasteiger partial charge on any atom is 0.227 e. The maximum atomic E-state index is 13.7. The Morgan fingerprint density at radius 1 is 0.974 bits per heavy atom. The predicted molar refractivity (Wildman–Crippen MR) is 145 cm³/mol. The molecule has 0 unspecified atom stereocenters. The number of aromatic nitrogens is 2. The van der Waals surface area contributed by atoms with Crippen molar-refractivity contribution >= 4 is 35.1 Å². The van der Waals surface area contributed by atoms with Crippen molar-refractivity contribution in [3.05, 3.63) is 71.0 Å². The lowest BCUT2D eigenvalue weighted by Gasteiger charge is -2.28. The van der Waals surface area contributed by atoms with Crippen molar-refractivity contribution < 1.29 is 19.1 Å². The zero-order valence-corrected chi connectivity index (χ0v) is 22.1. The number of carbonyl (C=O) groups excluding carboxylic acids is 2. The molecule has 2 aliphatic heterocycles. The van der Waals surface area contributed by atoms with Gasteiger partial charge in [-0.2, -0.15) is 0 Å². The third-order valence-corrected chi connectivity index (χ3v) is 6.95. The van der Waals surface area contributed by atoms with E-state index in [4.69, 9.17) is 21.1 Å². The first-order valence-electron chi connectivity index (χ1n) is 12.7. The zero-order chi connectivity index (χ0) is 26.5. The minimum absolute atomic E-state index is 0.0389. The number of nitrogens with zero attached hydrogens (tertiary/aromatic N) is 5. The van der Waals surface area contributed by atoms with Crippen LogP contribution in [0.25, 0.3) is 0 Å². The van der Waals surface area contributed by atoms with Crippen molar-refractivity contribution in [3.8, 4) is 11.5 Å². The van der Waals surface area contributed by atoms with Crippen LogP contribution in [0.1, 0.15) is 24.5 Å². The molecule has 3 heterocycles. The molecule has 38 heavy (non-hydrogen) atoms. The molecule has 2 amide bonds. The maximum absolute atomic E-state index is 13.7. The van der Waals surface area contributed by atoms with Crippen LogP contribution < -0.4 is 19.3 Å². The third kappa shape index (κ3) is 5.83. The molecule has 3 aromatic rings. The Kier molecular flexibility index (Phi) is 7.93. The van der Waals surface area contributed by atoms with Gasteiger partial charge in [-0.25, -0.2) is 9.97 Å². The first-order chi connectivity index (χ1) is 18.5.